The van der Waals surface area contributed by atoms with E-state index >= 15 is 0 Å². The highest BCUT2D eigenvalue weighted by Crippen LogP contribution is 2.32. The summed E-state index contributed by atoms with van der Waals surface area (Å²) in [5, 5.41) is 2.80. The van der Waals surface area contributed by atoms with Crippen LogP contribution in [0.3, 0.4) is 0 Å². The number of benzene rings is 3. The van der Waals surface area contributed by atoms with E-state index in [1.54, 1.807) is 36.4 Å². The highest BCUT2D eigenvalue weighted by molar-refractivity contribution is 6.08. The zero-order chi connectivity index (χ0) is 19.4. The standard InChI is InChI=1S/C21H17F3N2O/c22-21(23,24)16-9-7-15(8-10-16)18-3-1-2-4-19(18)20(27)26-17-11-5-14(13-25)6-12-17/h1-12H,13,25H2,(H,26,27). The number of halogens is 3. The Morgan fingerprint density at radius 3 is 2.11 bits per heavy atom. The number of rotatable bonds is 4. The lowest BCUT2D eigenvalue weighted by Crippen LogP contribution is -2.13. The third-order valence-corrected chi connectivity index (χ3v) is 4.14. The Balaban J connectivity index is 1.87. The van der Waals surface area contributed by atoms with Gasteiger partial charge in [0.25, 0.3) is 5.91 Å². The van der Waals surface area contributed by atoms with Gasteiger partial charge in [0.15, 0.2) is 0 Å². The lowest BCUT2D eigenvalue weighted by molar-refractivity contribution is -0.137. The van der Waals surface area contributed by atoms with Crippen LogP contribution in [-0.4, -0.2) is 5.91 Å². The first-order chi connectivity index (χ1) is 12.9. The summed E-state index contributed by atoms with van der Waals surface area (Å²) in [6, 6.07) is 18.7. The second kappa shape index (κ2) is 7.63. The molecule has 3 N–H and O–H groups in total. The van der Waals surface area contributed by atoms with E-state index in [0.29, 0.717) is 28.9 Å². The maximum absolute atomic E-state index is 12.8. The predicted molar refractivity (Wildman–Crippen MR) is 99.2 cm³/mol. The first kappa shape index (κ1) is 18.7. The number of nitrogens with one attached hydrogen (secondary N) is 1. The predicted octanol–water partition coefficient (Wildman–Crippen LogP) is 5.08. The number of carbonyl (C=O) groups is 1. The van der Waals surface area contributed by atoms with Gasteiger partial charge in [-0.25, -0.2) is 0 Å². The molecule has 6 heteroatoms. The summed E-state index contributed by atoms with van der Waals surface area (Å²) in [6.07, 6.45) is -4.40. The fourth-order valence-corrected chi connectivity index (χ4v) is 2.69. The van der Waals surface area contributed by atoms with Crippen molar-refractivity contribution in [2.24, 2.45) is 5.73 Å². The van der Waals surface area contributed by atoms with Gasteiger partial charge in [0.2, 0.25) is 0 Å². The van der Waals surface area contributed by atoms with Crippen LogP contribution in [-0.2, 0) is 12.7 Å². The molecule has 0 unspecified atom stereocenters. The Morgan fingerprint density at radius 2 is 1.52 bits per heavy atom. The quantitative estimate of drug-likeness (QED) is 0.673. The molecule has 1 amide bonds. The van der Waals surface area contributed by atoms with Crippen LogP contribution >= 0.6 is 0 Å². The molecule has 0 saturated carbocycles. The van der Waals surface area contributed by atoms with Gasteiger partial charge >= 0.3 is 6.18 Å². The third kappa shape index (κ3) is 4.35. The fraction of sp³-hybridized carbons (Fsp3) is 0.0952. The smallest absolute Gasteiger partial charge is 0.326 e. The third-order valence-electron chi connectivity index (χ3n) is 4.14. The Labute approximate surface area is 154 Å². The van der Waals surface area contributed by atoms with Gasteiger partial charge in [-0.2, -0.15) is 13.2 Å². The Kier molecular flexibility index (Phi) is 5.28. The molecule has 0 aliphatic rings. The van der Waals surface area contributed by atoms with Gasteiger partial charge in [0.05, 0.1) is 5.56 Å². The molecule has 3 nitrogen and oxygen atoms in total. The maximum Gasteiger partial charge on any atom is 0.416 e. The first-order valence-electron chi connectivity index (χ1n) is 8.25. The van der Waals surface area contributed by atoms with Gasteiger partial charge < -0.3 is 11.1 Å². The summed E-state index contributed by atoms with van der Waals surface area (Å²) in [5.41, 5.74) is 7.85. The van der Waals surface area contributed by atoms with Gasteiger partial charge in [0.1, 0.15) is 0 Å². The number of hydrogen-bond donors (Lipinski definition) is 2. The van der Waals surface area contributed by atoms with Gasteiger partial charge in [0, 0.05) is 17.8 Å². The second-order valence-electron chi connectivity index (χ2n) is 5.98. The first-order valence-corrected chi connectivity index (χ1v) is 8.25. The zero-order valence-electron chi connectivity index (χ0n) is 14.3. The largest absolute Gasteiger partial charge is 0.416 e. The summed E-state index contributed by atoms with van der Waals surface area (Å²) >= 11 is 0. The lowest BCUT2D eigenvalue weighted by Gasteiger charge is -2.12. The van der Waals surface area contributed by atoms with Crippen LogP contribution in [0.25, 0.3) is 11.1 Å². The summed E-state index contributed by atoms with van der Waals surface area (Å²) in [4.78, 5) is 12.7. The van der Waals surface area contributed by atoms with Crippen molar-refractivity contribution in [1.29, 1.82) is 0 Å². The van der Waals surface area contributed by atoms with Crippen molar-refractivity contribution >= 4 is 11.6 Å². The highest BCUT2D eigenvalue weighted by atomic mass is 19.4. The van der Waals surface area contributed by atoms with Crippen LogP contribution in [0.2, 0.25) is 0 Å². The van der Waals surface area contributed by atoms with E-state index in [1.807, 2.05) is 12.1 Å². The molecule has 138 valence electrons. The molecule has 0 atom stereocenters. The van der Waals surface area contributed by atoms with Crippen molar-refractivity contribution in [3.8, 4) is 11.1 Å². The number of anilines is 1. The van der Waals surface area contributed by atoms with E-state index < -0.39 is 11.7 Å². The van der Waals surface area contributed by atoms with E-state index in [9.17, 15) is 18.0 Å². The van der Waals surface area contributed by atoms with Crippen LogP contribution < -0.4 is 11.1 Å². The number of carbonyl (C=O) groups excluding carboxylic acids is 1. The SMILES string of the molecule is NCc1ccc(NC(=O)c2ccccc2-c2ccc(C(F)(F)F)cc2)cc1. The van der Waals surface area contributed by atoms with Gasteiger partial charge in [-0.15, -0.1) is 0 Å². The minimum Gasteiger partial charge on any atom is -0.326 e. The average Bonchev–Trinajstić information content (AvgIpc) is 2.68. The van der Waals surface area contributed by atoms with Crippen LogP contribution in [0.5, 0.6) is 0 Å². The Morgan fingerprint density at radius 1 is 0.889 bits per heavy atom. The average molecular weight is 370 g/mol. The molecule has 3 aromatic carbocycles. The van der Waals surface area contributed by atoms with Crippen molar-refractivity contribution in [3.63, 3.8) is 0 Å². The van der Waals surface area contributed by atoms with E-state index in [2.05, 4.69) is 5.32 Å². The molecular weight excluding hydrogens is 353 g/mol. The van der Waals surface area contributed by atoms with Crippen LogP contribution in [0, 0.1) is 0 Å². The van der Waals surface area contributed by atoms with Crippen LogP contribution in [0.15, 0.2) is 72.8 Å². The monoisotopic (exact) mass is 370 g/mol. The number of alkyl halides is 3. The molecule has 27 heavy (non-hydrogen) atoms. The highest BCUT2D eigenvalue weighted by Gasteiger charge is 2.30. The molecule has 0 saturated heterocycles. The molecule has 3 aromatic rings. The van der Waals surface area contributed by atoms with Crippen LogP contribution in [0.1, 0.15) is 21.5 Å². The zero-order valence-corrected chi connectivity index (χ0v) is 14.3. The van der Waals surface area contributed by atoms with Crippen molar-refractivity contribution in [1.82, 2.24) is 0 Å². The number of amides is 1. The molecule has 0 heterocycles. The van der Waals surface area contributed by atoms with E-state index in [4.69, 9.17) is 5.73 Å². The fourth-order valence-electron chi connectivity index (χ4n) is 2.69. The molecule has 0 aliphatic carbocycles. The molecular formula is C21H17F3N2O. The Bertz CT molecular complexity index is 933. The maximum atomic E-state index is 12.8. The van der Waals surface area contributed by atoms with E-state index in [-0.39, 0.29) is 5.91 Å². The summed E-state index contributed by atoms with van der Waals surface area (Å²) in [6.45, 7) is 0.408. The number of nitrogens with two attached hydrogens (primary N) is 1. The normalized spacial score (nSPS) is 11.3. The molecule has 0 bridgehead atoms. The molecule has 3 rings (SSSR count). The molecule has 0 spiro atoms. The second-order valence-corrected chi connectivity index (χ2v) is 5.98. The van der Waals surface area contributed by atoms with Crippen molar-refractivity contribution in [2.45, 2.75) is 12.7 Å². The van der Waals surface area contributed by atoms with Crippen molar-refractivity contribution in [3.05, 3.63) is 89.5 Å². The topological polar surface area (TPSA) is 55.1 Å². The van der Waals surface area contributed by atoms with Gasteiger partial charge in [-0.1, -0.05) is 42.5 Å². The van der Waals surface area contributed by atoms with Crippen molar-refractivity contribution in [2.75, 3.05) is 5.32 Å². The Hall–Kier alpha value is -3.12. The summed E-state index contributed by atoms with van der Waals surface area (Å²) in [7, 11) is 0. The number of hydrogen-bond acceptors (Lipinski definition) is 2. The summed E-state index contributed by atoms with van der Waals surface area (Å²) in [5.74, 6) is -0.342. The van der Waals surface area contributed by atoms with Gasteiger partial charge in [-0.05, 0) is 47.0 Å². The van der Waals surface area contributed by atoms with Crippen LogP contribution in [0.4, 0.5) is 18.9 Å². The molecule has 0 aromatic heterocycles. The van der Waals surface area contributed by atoms with E-state index in [1.165, 1.54) is 12.1 Å². The van der Waals surface area contributed by atoms with Gasteiger partial charge in [-0.3, -0.25) is 4.79 Å². The molecule has 0 fully saturated rings. The molecule has 0 radical (unpaired) electrons. The van der Waals surface area contributed by atoms with E-state index in [0.717, 1.165) is 17.7 Å². The minimum absolute atomic E-state index is 0.342. The lowest BCUT2D eigenvalue weighted by atomic mass is 9.98. The summed E-state index contributed by atoms with van der Waals surface area (Å²) < 4.78 is 38.3. The minimum atomic E-state index is -4.40. The van der Waals surface area contributed by atoms with Crippen molar-refractivity contribution < 1.29 is 18.0 Å². The molecule has 0 aliphatic heterocycles.